The van der Waals surface area contributed by atoms with E-state index in [4.69, 9.17) is 18.9 Å². The summed E-state index contributed by atoms with van der Waals surface area (Å²) in [6, 6.07) is -0.831. The quantitative estimate of drug-likeness (QED) is 0.0204. The average Bonchev–Trinajstić information content (AvgIpc) is 3.48. The second-order valence-electron chi connectivity index (χ2n) is 23.6. The summed E-state index contributed by atoms with van der Waals surface area (Å²) < 4.78 is 22.9. The van der Waals surface area contributed by atoms with Crippen molar-refractivity contribution in [3.63, 3.8) is 0 Å². The first-order chi connectivity index (χ1) is 38.1. The molecule has 2 rings (SSSR count). The fraction of sp³-hybridized carbons (Fsp3) is 0.953. The first-order valence-corrected chi connectivity index (χ1v) is 32.9. The zero-order valence-electron chi connectivity index (χ0n) is 49.9. The Morgan fingerprint density at radius 1 is 0.449 bits per heavy atom. The zero-order chi connectivity index (χ0) is 56.7. The van der Waals surface area contributed by atoms with Gasteiger partial charge in [0.25, 0.3) is 0 Å². The van der Waals surface area contributed by atoms with Crippen LogP contribution in [0.1, 0.15) is 296 Å². The number of carbonyl (C=O) groups is 1. The molecule has 9 N–H and O–H groups in total. The predicted octanol–water partition coefficient (Wildman–Crippen LogP) is 12.2. The van der Waals surface area contributed by atoms with Gasteiger partial charge in [0, 0.05) is 6.42 Å². The van der Waals surface area contributed by atoms with Crippen molar-refractivity contribution in [1.82, 2.24) is 5.32 Å². The van der Waals surface area contributed by atoms with Crippen molar-refractivity contribution in [2.24, 2.45) is 0 Å². The minimum Gasteiger partial charge on any atom is -0.394 e. The van der Waals surface area contributed by atoms with E-state index in [2.05, 4.69) is 31.3 Å². The van der Waals surface area contributed by atoms with Crippen molar-refractivity contribution >= 4 is 5.91 Å². The molecule has 462 valence electrons. The highest BCUT2D eigenvalue weighted by Crippen LogP contribution is 2.30. The second kappa shape index (κ2) is 50.3. The SMILES string of the molecule is CCCCCCCCC/C=C\CCCCCCCC(=O)NC(COC1OC(CO)C(OC2OC(CO)C(O)C(O)C2O)C(O)C1O)C(O)CCCCCCCCCCCCCCCCCCCCCCCCCCCCCC. The van der Waals surface area contributed by atoms with Crippen LogP contribution in [0.15, 0.2) is 12.2 Å². The lowest BCUT2D eigenvalue weighted by atomic mass is 9.97. The molecular formula is C64H123NO13. The highest BCUT2D eigenvalue weighted by Gasteiger charge is 2.51. The van der Waals surface area contributed by atoms with Crippen LogP contribution in [-0.4, -0.2) is 140 Å². The molecule has 1 amide bonds. The summed E-state index contributed by atoms with van der Waals surface area (Å²) in [6.07, 6.45) is 42.3. The number of allylic oxidation sites excluding steroid dienone is 2. The fourth-order valence-electron chi connectivity index (χ4n) is 11.2. The molecule has 0 aliphatic carbocycles. The Morgan fingerprint density at radius 2 is 0.808 bits per heavy atom. The van der Waals surface area contributed by atoms with E-state index in [1.54, 1.807) is 0 Å². The number of ether oxygens (including phenoxy) is 4. The van der Waals surface area contributed by atoms with Crippen LogP contribution < -0.4 is 5.32 Å². The average molecular weight is 1110 g/mol. The number of hydrogen-bond acceptors (Lipinski definition) is 13. The number of rotatable bonds is 54. The van der Waals surface area contributed by atoms with Crippen LogP contribution in [0.4, 0.5) is 0 Å². The Kier molecular flexibility index (Phi) is 46.9. The van der Waals surface area contributed by atoms with Gasteiger partial charge < -0.3 is 65.1 Å². The van der Waals surface area contributed by atoms with Gasteiger partial charge in [-0.05, 0) is 38.5 Å². The van der Waals surface area contributed by atoms with Gasteiger partial charge in [-0.3, -0.25) is 4.79 Å². The third kappa shape index (κ3) is 35.0. The summed E-state index contributed by atoms with van der Waals surface area (Å²) in [7, 11) is 0. The summed E-state index contributed by atoms with van der Waals surface area (Å²) in [4.78, 5) is 13.3. The second-order valence-corrected chi connectivity index (χ2v) is 23.6. The van der Waals surface area contributed by atoms with Crippen molar-refractivity contribution in [1.29, 1.82) is 0 Å². The standard InChI is InChI=1S/C64H123NO13/c1-3-5-7-9-11-13-15-17-19-21-22-23-24-25-26-27-28-29-30-31-32-33-35-37-39-41-43-45-47-53(68)52(65-56(69)48-46-44-42-40-38-36-34-20-18-16-14-12-10-8-6-4-2)51-75-63-61(74)59(72)62(55(50-67)77-63)78-64-60(73)58(71)57(70)54(49-66)76-64/h20,34,52-55,57-64,66-68,70-74H,3-19,21-33,35-51H2,1-2H3,(H,65,69)/b34-20-. The normalized spacial score (nSPS) is 24.5. The molecule has 0 radical (unpaired) electrons. The van der Waals surface area contributed by atoms with Gasteiger partial charge in [0.05, 0.1) is 32.0 Å². The van der Waals surface area contributed by atoms with Crippen molar-refractivity contribution in [2.45, 2.75) is 370 Å². The summed E-state index contributed by atoms with van der Waals surface area (Å²) in [6.45, 7) is 2.89. The van der Waals surface area contributed by atoms with Crippen LogP contribution in [0.5, 0.6) is 0 Å². The van der Waals surface area contributed by atoms with E-state index in [9.17, 15) is 45.6 Å². The van der Waals surface area contributed by atoms with Crippen LogP contribution in [0.25, 0.3) is 0 Å². The van der Waals surface area contributed by atoms with Crippen molar-refractivity contribution in [2.75, 3.05) is 19.8 Å². The number of nitrogens with one attached hydrogen (secondary N) is 1. The molecule has 0 saturated carbocycles. The fourth-order valence-corrected chi connectivity index (χ4v) is 11.2. The monoisotopic (exact) mass is 1110 g/mol. The van der Waals surface area contributed by atoms with E-state index in [0.29, 0.717) is 19.3 Å². The third-order valence-corrected chi connectivity index (χ3v) is 16.5. The number of carbonyl (C=O) groups excluding carboxylic acids is 1. The molecule has 2 aliphatic rings. The molecule has 0 aromatic rings. The Hall–Kier alpha value is -1.27. The summed E-state index contributed by atoms with van der Waals surface area (Å²) in [5.74, 6) is -0.210. The molecule has 12 unspecified atom stereocenters. The highest BCUT2D eigenvalue weighted by molar-refractivity contribution is 5.76. The van der Waals surface area contributed by atoms with Gasteiger partial charge in [-0.2, -0.15) is 0 Å². The minimum atomic E-state index is -1.78. The molecule has 12 atom stereocenters. The van der Waals surface area contributed by atoms with Gasteiger partial charge in [-0.1, -0.05) is 264 Å². The van der Waals surface area contributed by atoms with Crippen LogP contribution in [0, 0.1) is 0 Å². The number of aliphatic hydroxyl groups is 8. The number of hydrogen-bond donors (Lipinski definition) is 9. The van der Waals surface area contributed by atoms with Crippen LogP contribution in [0.3, 0.4) is 0 Å². The van der Waals surface area contributed by atoms with Crippen LogP contribution in [0.2, 0.25) is 0 Å². The lowest BCUT2D eigenvalue weighted by Gasteiger charge is -2.46. The van der Waals surface area contributed by atoms with Gasteiger partial charge in [0.15, 0.2) is 12.6 Å². The van der Waals surface area contributed by atoms with E-state index in [-0.39, 0.29) is 12.5 Å². The Morgan fingerprint density at radius 3 is 1.22 bits per heavy atom. The van der Waals surface area contributed by atoms with Crippen molar-refractivity contribution < 1.29 is 64.6 Å². The summed E-state index contributed by atoms with van der Waals surface area (Å²) >= 11 is 0. The highest BCUT2D eigenvalue weighted by atomic mass is 16.7. The molecule has 0 aromatic carbocycles. The predicted molar refractivity (Wildman–Crippen MR) is 314 cm³/mol. The summed E-state index contributed by atoms with van der Waals surface area (Å²) in [5, 5.41) is 87.4. The molecule has 0 aromatic heterocycles. The Labute approximate surface area is 476 Å². The number of amides is 1. The van der Waals surface area contributed by atoms with E-state index < -0.39 is 86.8 Å². The molecule has 2 fully saturated rings. The van der Waals surface area contributed by atoms with E-state index in [1.165, 1.54) is 199 Å². The van der Waals surface area contributed by atoms with Gasteiger partial charge in [0.2, 0.25) is 5.91 Å². The molecule has 2 heterocycles. The van der Waals surface area contributed by atoms with Gasteiger partial charge in [0.1, 0.15) is 48.8 Å². The Bertz CT molecular complexity index is 1360. The van der Waals surface area contributed by atoms with E-state index >= 15 is 0 Å². The molecule has 2 aliphatic heterocycles. The van der Waals surface area contributed by atoms with E-state index in [1.807, 2.05) is 0 Å². The van der Waals surface area contributed by atoms with Crippen molar-refractivity contribution in [3.05, 3.63) is 12.2 Å². The summed E-state index contributed by atoms with van der Waals surface area (Å²) in [5.41, 5.74) is 0. The topological polar surface area (TPSA) is 228 Å². The molecule has 14 nitrogen and oxygen atoms in total. The van der Waals surface area contributed by atoms with Gasteiger partial charge in [-0.15, -0.1) is 0 Å². The van der Waals surface area contributed by atoms with Crippen molar-refractivity contribution in [3.8, 4) is 0 Å². The minimum absolute atomic E-state index is 0.210. The smallest absolute Gasteiger partial charge is 0.220 e. The van der Waals surface area contributed by atoms with Crippen LogP contribution in [-0.2, 0) is 23.7 Å². The molecule has 0 spiro atoms. The lowest BCUT2D eigenvalue weighted by Crippen LogP contribution is -2.65. The molecule has 14 heteroatoms. The zero-order valence-corrected chi connectivity index (χ0v) is 49.9. The van der Waals surface area contributed by atoms with E-state index in [0.717, 1.165) is 64.2 Å². The maximum Gasteiger partial charge on any atom is 0.220 e. The molecule has 0 bridgehead atoms. The largest absolute Gasteiger partial charge is 0.394 e. The maximum atomic E-state index is 13.3. The number of aliphatic hydroxyl groups excluding tert-OH is 8. The van der Waals surface area contributed by atoms with Gasteiger partial charge >= 0.3 is 0 Å². The molecule has 2 saturated heterocycles. The Balaban J connectivity index is 1.68. The molecular weight excluding hydrogens is 991 g/mol. The number of unbranched alkanes of at least 4 members (excludes halogenated alkanes) is 39. The first kappa shape index (κ1) is 72.8. The lowest BCUT2D eigenvalue weighted by molar-refractivity contribution is -0.359. The van der Waals surface area contributed by atoms with Gasteiger partial charge in [-0.25, -0.2) is 0 Å². The molecule has 78 heavy (non-hydrogen) atoms. The first-order valence-electron chi connectivity index (χ1n) is 32.9. The third-order valence-electron chi connectivity index (χ3n) is 16.5. The maximum absolute atomic E-state index is 13.3. The van der Waals surface area contributed by atoms with Crippen LogP contribution >= 0.6 is 0 Å².